The lowest BCUT2D eigenvalue weighted by Crippen LogP contribution is -2.36. The molecule has 1 unspecified atom stereocenters. The second kappa shape index (κ2) is 3.48. The number of hydrogen-bond donors (Lipinski definition) is 2. The normalized spacial score (nSPS) is 32.7. The van der Waals surface area contributed by atoms with E-state index in [2.05, 4.69) is 10.6 Å². The van der Waals surface area contributed by atoms with E-state index in [1.807, 2.05) is 0 Å². The maximum absolute atomic E-state index is 11.8. The number of carbonyl (C=O) groups excluding carboxylic acids is 1. The highest BCUT2D eigenvalue weighted by Crippen LogP contribution is 2.60. The van der Waals surface area contributed by atoms with Crippen molar-refractivity contribution < 1.29 is 4.79 Å². The van der Waals surface area contributed by atoms with Crippen LogP contribution in [-0.2, 0) is 4.79 Å². The predicted molar refractivity (Wildman–Crippen MR) is 58.4 cm³/mol. The second-order valence-electron chi connectivity index (χ2n) is 5.54. The van der Waals surface area contributed by atoms with Gasteiger partial charge >= 0.3 is 0 Å². The van der Waals surface area contributed by atoms with Crippen molar-refractivity contribution in [2.45, 2.75) is 32.1 Å². The number of rotatable bonds is 4. The third-order valence-corrected chi connectivity index (χ3v) is 4.38. The van der Waals surface area contributed by atoms with E-state index in [4.69, 9.17) is 0 Å². The summed E-state index contributed by atoms with van der Waals surface area (Å²) in [4.78, 5) is 11.8. The van der Waals surface area contributed by atoms with Crippen LogP contribution in [0, 0.1) is 17.3 Å². The third kappa shape index (κ3) is 1.89. The molecule has 0 aromatic carbocycles. The van der Waals surface area contributed by atoms with Gasteiger partial charge in [0.15, 0.2) is 0 Å². The Balaban J connectivity index is 1.47. The topological polar surface area (TPSA) is 41.1 Å². The van der Waals surface area contributed by atoms with E-state index in [1.54, 1.807) is 0 Å². The molecule has 84 valence electrons. The lowest BCUT2D eigenvalue weighted by atomic mass is 10.00. The van der Waals surface area contributed by atoms with E-state index in [0.29, 0.717) is 5.41 Å². The number of carbonyl (C=O) groups is 1. The Bertz CT molecular complexity index is 263. The van der Waals surface area contributed by atoms with Gasteiger partial charge in [0, 0.05) is 13.1 Å². The Hall–Kier alpha value is -0.570. The van der Waals surface area contributed by atoms with Gasteiger partial charge < -0.3 is 10.6 Å². The molecular formula is C12H20N2O. The summed E-state index contributed by atoms with van der Waals surface area (Å²) >= 11 is 0. The Kier molecular flexibility index (Phi) is 2.23. The fraction of sp³-hybridized carbons (Fsp3) is 0.917. The molecule has 1 amide bonds. The largest absolute Gasteiger partial charge is 0.355 e. The van der Waals surface area contributed by atoms with Crippen LogP contribution in [0.1, 0.15) is 32.1 Å². The highest BCUT2D eigenvalue weighted by atomic mass is 16.1. The SMILES string of the molecule is O=C(NCC1(C2CC2)CC1)C1CCNC1. The van der Waals surface area contributed by atoms with Gasteiger partial charge in [0.25, 0.3) is 0 Å². The zero-order valence-corrected chi connectivity index (χ0v) is 9.22. The van der Waals surface area contributed by atoms with E-state index in [9.17, 15) is 4.79 Å². The maximum Gasteiger partial charge on any atom is 0.224 e. The molecule has 1 heterocycles. The number of nitrogens with one attached hydrogen (secondary N) is 2. The van der Waals surface area contributed by atoms with Gasteiger partial charge in [0.05, 0.1) is 5.92 Å². The van der Waals surface area contributed by atoms with Crippen LogP contribution in [0.5, 0.6) is 0 Å². The van der Waals surface area contributed by atoms with Gasteiger partial charge in [-0.05, 0) is 50.0 Å². The van der Waals surface area contributed by atoms with Crippen molar-refractivity contribution in [1.82, 2.24) is 10.6 Å². The molecule has 0 aromatic heterocycles. The van der Waals surface area contributed by atoms with Crippen molar-refractivity contribution in [1.29, 1.82) is 0 Å². The standard InChI is InChI=1S/C12H20N2O/c15-11(9-3-6-13-7-9)14-8-12(4-5-12)10-1-2-10/h9-10,13H,1-8H2,(H,14,15). The van der Waals surface area contributed by atoms with Gasteiger partial charge in [-0.1, -0.05) is 0 Å². The van der Waals surface area contributed by atoms with Crippen LogP contribution in [0.2, 0.25) is 0 Å². The van der Waals surface area contributed by atoms with Gasteiger partial charge in [-0.15, -0.1) is 0 Å². The Labute approximate surface area is 91.0 Å². The summed E-state index contributed by atoms with van der Waals surface area (Å²) in [5.74, 6) is 1.46. The first-order valence-corrected chi connectivity index (χ1v) is 6.29. The second-order valence-corrected chi connectivity index (χ2v) is 5.54. The van der Waals surface area contributed by atoms with Crippen molar-refractivity contribution in [2.75, 3.05) is 19.6 Å². The molecule has 3 nitrogen and oxygen atoms in total. The van der Waals surface area contributed by atoms with Gasteiger partial charge in [0.1, 0.15) is 0 Å². The predicted octanol–water partition coefficient (Wildman–Crippen LogP) is 0.902. The van der Waals surface area contributed by atoms with E-state index in [-0.39, 0.29) is 11.8 Å². The first-order chi connectivity index (χ1) is 7.30. The fourth-order valence-corrected chi connectivity index (χ4v) is 2.87. The molecule has 3 aliphatic rings. The van der Waals surface area contributed by atoms with Crippen molar-refractivity contribution in [2.24, 2.45) is 17.3 Å². The summed E-state index contributed by atoms with van der Waals surface area (Å²) in [6, 6.07) is 0. The highest BCUT2D eigenvalue weighted by Gasteiger charge is 2.53. The molecule has 0 radical (unpaired) electrons. The molecule has 15 heavy (non-hydrogen) atoms. The minimum atomic E-state index is 0.236. The monoisotopic (exact) mass is 208 g/mol. The van der Waals surface area contributed by atoms with E-state index in [0.717, 1.165) is 32.0 Å². The van der Waals surface area contributed by atoms with Crippen LogP contribution >= 0.6 is 0 Å². The fourth-order valence-electron chi connectivity index (χ4n) is 2.87. The average Bonchev–Trinajstić information content (AvgIpc) is 3.14. The first kappa shape index (κ1) is 9.64. The molecule has 3 rings (SSSR count). The summed E-state index contributed by atoms with van der Waals surface area (Å²) < 4.78 is 0. The molecule has 3 heteroatoms. The Morgan fingerprint density at radius 2 is 2.13 bits per heavy atom. The number of hydrogen-bond acceptors (Lipinski definition) is 2. The maximum atomic E-state index is 11.8. The molecule has 1 atom stereocenters. The molecule has 2 saturated carbocycles. The third-order valence-electron chi connectivity index (χ3n) is 4.38. The zero-order chi connectivity index (χ0) is 10.3. The minimum absolute atomic E-state index is 0.236. The molecule has 0 spiro atoms. The van der Waals surface area contributed by atoms with Crippen molar-refractivity contribution >= 4 is 5.91 Å². The summed E-state index contributed by atoms with van der Waals surface area (Å²) in [6.07, 6.45) is 6.52. The van der Waals surface area contributed by atoms with Gasteiger partial charge in [-0.3, -0.25) is 4.79 Å². The van der Waals surface area contributed by atoms with Crippen molar-refractivity contribution in [3.8, 4) is 0 Å². The highest BCUT2D eigenvalue weighted by molar-refractivity contribution is 5.79. The molecule has 0 aromatic rings. The van der Waals surface area contributed by atoms with E-state index >= 15 is 0 Å². The zero-order valence-electron chi connectivity index (χ0n) is 9.22. The summed E-state index contributed by atoms with van der Waals surface area (Å²) in [7, 11) is 0. The molecule has 1 saturated heterocycles. The summed E-state index contributed by atoms with van der Waals surface area (Å²) in [5, 5.41) is 6.41. The Morgan fingerprint density at radius 1 is 1.33 bits per heavy atom. The molecule has 2 aliphatic carbocycles. The van der Waals surface area contributed by atoms with Crippen LogP contribution in [0.15, 0.2) is 0 Å². The summed E-state index contributed by atoms with van der Waals surface area (Å²) in [5.41, 5.74) is 0.543. The quantitative estimate of drug-likeness (QED) is 0.721. The smallest absolute Gasteiger partial charge is 0.224 e. The van der Waals surface area contributed by atoms with Crippen LogP contribution in [0.4, 0.5) is 0 Å². The van der Waals surface area contributed by atoms with Gasteiger partial charge in [-0.2, -0.15) is 0 Å². The lowest BCUT2D eigenvalue weighted by Gasteiger charge is -2.16. The van der Waals surface area contributed by atoms with E-state index in [1.165, 1.54) is 25.7 Å². The van der Waals surface area contributed by atoms with Crippen LogP contribution < -0.4 is 10.6 Å². The molecular weight excluding hydrogens is 188 g/mol. The van der Waals surface area contributed by atoms with Crippen molar-refractivity contribution in [3.05, 3.63) is 0 Å². The molecule has 0 bridgehead atoms. The molecule has 2 N–H and O–H groups in total. The van der Waals surface area contributed by atoms with Crippen LogP contribution in [-0.4, -0.2) is 25.5 Å². The van der Waals surface area contributed by atoms with E-state index < -0.39 is 0 Å². The van der Waals surface area contributed by atoms with Crippen molar-refractivity contribution in [3.63, 3.8) is 0 Å². The summed E-state index contributed by atoms with van der Waals surface area (Å²) in [6.45, 7) is 2.83. The van der Waals surface area contributed by atoms with Crippen LogP contribution in [0.3, 0.4) is 0 Å². The van der Waals surface area contributed by atoms with Gasteiger partial charge in [0.2, 0.25) is 5.91 Å². The number of amides is 1. The lowest BCUT2D eigenvalue weighted by molar-refractivity contribution is -0.124. The molecule has 1 aliphatic heterocycles. The molecule has 3 fully saturated rings. The Morgan fingerprint density at radius 3 is 2.67 bits per heavy atom. The van der Waals surface area contributed by atoms with Crippen LogP contribution in [0.25, 0.3) is 0 Å². The minimum Gasteiger partial charge on any atom is -0.355 e. The first-order valence-electron chi connectivity index (χ1n) is 6.29. The van der Waals surface area contributed by atoms with Gasteiger partial charge in [-0.25, -0.2) is 0 Å². The average molecular weight is 208 g/mol.